The molecule has 0 aliphatic rings. The molecular weight excluding hydrogens is 326 g/mol. The molecule has 2 aromatic carbocycles. The Bertz CT molecular complexity index is 946. The predicted octanol–water partition coefficient (Wildman–Crippen LogP) is 4.50. The molecule has 2 atom stereocenters. The first kappa shape index (κ1) is 18.1. The number of hydrogen-bond acceptors (Lipinski definition) is 4. The topological polar surface area (TPSA) is 59.3 Å². The predicted molar refractivity (Wildman–Crippen MR) is 104 cm³/mol. The maximum Gasteiger partial charge on any atom is 0.347 e. The molecule has 1 N–H and O–H groups in total. The van der Waals surface area contributed by atoms with E-state index in [0.717, 1.165) is 17.4 Å². The van der Waals surface area contributed by atoms with E-state index in [9.17, 15) is 9.59 Å². The standard InChI is InChI=1S/C22H23NO3/c1-3-15(2)23-19(16-9-5-4-6-10-16)14-20(24)18-13-17-11-7-8-12-21(17)26-22(18)25/h4-13,15,19,23H,3,14H2,1-2H3/t15-,19+/m0/s1. The van der Waals surface area contributed by atoms with Gasteiger partial charge in [0.25, 0.3) is 0 Å². The van der Waals surface area contributed by atoms with Crippen LogP contribution in [0.2, 0.25) is 0 Å². The highest BCUT2D eigenvalue weighted by Crippen LogP contribution is 2.21. The maximum atomic E-state index is 12.9. The molecule has 0 fully saturated rings. The number of hydrogen-bond donors (Lipinski definition) is 1. The van der Waals surface area contributed by atoms with Gasteiger partial charge in [0.05, 0.1) is 0 Å². The first-order chi connectivity index (χ1) is 12.6. The summed E-state index contributed by atoms with van der Waals surface area (Å²) in [6.07, 6.45) is 1.16. The van der Waals surface area contributed by atoms with Crippen molar-refractivity contribution in [3.63, 3.8) is 0 Å². The number of nitrogens with one attached hydrogen (secondary N) is 1. The molecule has 1 heterocycles. The van der Waals surface area contributed by atoms with Crippen LogP contribution >= 0.6 is 0 Å². The molecule has 0 aliphatic heterocycles. The van der Waals surface area contributed by atoms with E-state index in [2.05, 4.69) is 19.2 Å². The second kappa shape index (κ2) is 8.11. The van der Waals surface area contributed by atoms with Gasteiger partial charge in [0.1, 0.15) is 11.1 Å². The van der Waals surface area contributed by atoms with Crippen molar-refractivity contribution >= 4 is 16.8 Å². The molecular formula is C22H23NO3. The number of Topliss-reactive ketones (excluding diaryl/α,β-unsaturated/α-hetero) is 1. The number of benzene rings is 2. The molecule has 4 nitrogen and oxygen atoms in total. The summed E-state index contributed by atoms with van der Waals surface area (Å²) in [6, 6.07) is 18.8. The van der Waals surface area contributed by atoms with Crippen LogP contribution in [0.15, 0.2) is 69.9 Å². The van der Waals surface area contributed by atoms with Gasteiger partial charge in [0.2, 0.25) is 0 Å². The smallest absolute Gasteiger partial charge is 0.347 e. The zero-order chi connectivity index (χ0) is 18.5. The lowest BCUT2D eigenvalue weighted by atomic mass is 9.97. The Morgan fingerprint density at radius 1 is 1.08 bits per heavy atom. The lowest BCUT2D eigenvalue weighted by Gasteiger charge is -2.22. The van der Waals surface area contributed by atoms with Gasteiger partial charge in [-0.05, 0) is 31.0 Å². The van der Waals surface area contributed by atoms with Crippen molar-refractivity contribution in [1.82, 2.24) is 5.32 Å². The number of para-hydroxylation sites is 1. The molecule has 0 saturated heterocycles. The van der Waals surface area contributed by atoms with Crippen LogP contribution in [0, 0.1) is 0 Å². The second-order valence-corrected chi connectivity index (χ2v) is 6.55. The van der Waals surface area contributed by atoms with Crippen molar-refractivity contribution in [2.75, 3.05) is 0 Å². The van der Waals surface area contributed by atoms with Crippen molar-refractivity contribution in [1.29, 1.82) is 0 Å². The molecule has 3 aromatic rings. The van der Waals surface area contributed by atoms with Gasteiger partial charge in [0.15, 0.2) is 5.78 Å². The normalized spacial score (nSPS) is 13.5. The summed E-state index contributed by atoms with van der Waals surface area (Å²) in [6.45, 7) is 4.18. The van der Waals surface area contributed by atoms with E-state index in [1.165, 1.54) is 0 Å². The van der Waals surface area contributed by atoms with E-state index in [-0.39, 0.29) is 29.9 Å². The van der Waals surface area contributed by atoms with Gasteiger partial charge < -0.3 is 9.73 Å². The third-order valence-corrected chi connectivity index (χ3v) is 4.63. The zero-order valence-electron chi connectivity index (χ0n) is 15.1. The molecule has 0 spiro atoms. The van der Waals surface area contributed by atoms with E-state index >= 15 is 0 Å². The summed E-state index contributed by atoms with van der Waals surface area (Å²) in [5, 5.41) is 4.24. The van der Waals surface area contributed by atoms with Crippen LogP contribution in [0.25, 0.3) is 11.0 Å². The monoisotopic (exact) mass is 349 g/mol. The fourth-order valence-corrected chi connectivity index (χ4v) is 2.97. The number of ketones is 1. The van der Waals surface area contributed by atoms with Gasteiger partial charge in [-0.25, -0.2) is 4.79 Å². The molecule has 3 rings (SSSR count). The van der Waals surface area contributed by atoms with E-state index in [0.29, 0.717) is 5.58 Å². The summed E-state index contributed by atoms with van der Waals surface area (Å²) in [4.78, 5) is 25.1. The summed E-state index contributed by atoms with van der Waals surface area (Å²) in [5.41, 5.74) is 1.05. The Hall–Kier alpha value is -2.72. The second-order valence-electron chi connectivity index (χ2n) is 6.55. The number of carbonyl (C=O) groups excluding carboxylic acids is 1. The van der Waals surface area contributed by atoms with Gasteiger partial charge in [-0.15, -0.1) is 0 Å². The van der Waals surface area contributed by atoms with Crippen LogP contribution in [0.5, 0.6) is 0 Å². The Balaban J connectivity index is 1.90. The van der Waals surface area contributed by atoms with Crippen molar-refractivity contribution in [3.8, 4) is 0 Å². The highest BCUT2D eigenvalue weighted by Gasteiger charge is 2.21. The summed E-state index contributed by atoms with van der Waals surface area (Å²) < 4.78 is 5.31. The highest BCUT2D eigenvalue weighted by molar-refractivity contribution is 5.98. The molecule has 0 saturated carbocycles. The van der Waals surface area contributed by atoms with Gasteiger partial charge in [0, 0.05) is 23.9 Å². The van der Waals surface area contributed by atoms with Crippen LogP contribution in [0.3, 0.4) is 0 Å². The van der Waals surface area contributed by atoms with Crippen LogP contribution < -0.4 is 10.9 Å². The average molecular weight is 349 g/mol. The SMILES string of the molecule is CC[C@H](C)N[C@H](CC(=O)c1cc2ccccc2oc1=O)c1ccccc1. The summed E-state index contributed by atoms with van der Waals surface area (Å²) in [5.74, 6) is -0.214. The summed E-state index contributed by atoms with van der Waals surface area (Å²) in [7, 11) is 0. The van der Waals surface area contributed by atoms with E-state index < -0.39 is 5.63 Å². The Morgan fingerprint density at radius 2 is 1.77 bits per heavy atom. The van der Waals surface area contributed by atoms with E-state index in [4.69, 9.17) is 4.42 Å². The molecule has 134 valence electrons. The lowest BCUT2D eigenvalue weighted by molar-refractivity contribution is 0.0963. The molecule has 0 amide bonds. The van der Waals surface area contributed by atoms with Crippen LogP contribution in [0.4, 0.5) is 0 Å². The first-order valence-electron chi connectivity index (χ1n) is 8.95. The Kier molecular flexibility index (Phi) is 5.64. The van der Waals surface area contributed by atoms with E-state index in [1.54, 1.807) is 18.2 Å². The lowest BCUT2D eigenvalue weighted by Crippen LogP contribution is -2.32. The molecule has 4 heteroatoms. The van der Waals surface area contributed by atoms with E-state index in [1.807, 2.05) is 42.5 Å². The third kappa shape index (κ3) is 4.09. The number of carbonyl (C=O) groups is 1. The molecule has 0 unspecified atom stereocenters. The van der Waals surface area contributed by atoms with Crippen LogP contribution in [-0.4, -0.2) is 11.8 Å². The van der Waals surface area contributed by atoms with Gasteiger partial charge >= 0.3 is 5.63 Å². The maximum absolute atomic E-state index is 12.9. The van der Waals surface area contributed by atoms with Crippen molar-refractivity contribution < 1.29 is 9.21 Å². The van der Waals surface area contributed by atoms with Gasteiger partial charge in [-0.2, -0.15) is 0 Å². The fraction of sp³-hybridized carbons (Fsp3) is 0.273. The average Bonchev–Trinajstić information content (AvgIpc) is 2.67. The number of rotatable bonds is 7. The minimum absolute atomic E-state index is 0.107. The summed E-state index contributed by atoms with van der Waals surface area (Å²) >= 11 is 0. The van der Waals surface area contributed by atoms with Gasteiger partial charge in [-0.3, -0.25) is 4.79 Å². The highest BCUT2D eigenvalue weighted by atomic mass is 16.4. The Morgan fingerprint density at radius 3 is 2.50 bits per heavy atom. The molecule has 0 radical (unpaired) electrons. The van der Waals surface area contributed by atoms with Gasteiger partial charge in [-0.1, -0.05) is 55.5 Å². The van der Waals surface area contributed by atoms with Crippen LogP contribution in [0.1, 0.15) is 48.7 Å². The minimum Gasteiger partial charge on any atom is -0.422 e. The minimum atomic E-state index is -0.580. The quantitative estimate of drug-likeness (QED) is 0.504. The molecule has 0 bridgehead atoms. The van der Waals surface area contributed by atoms with Crippen molar-refractivity contribution in [2.45, 2.75) is 38.8 Å². The fourth-order valence-electron chi connectivity index (χ4n) is 2.97. The largest absolute Gasteiger partial charge is 0.422 e. The first-order valence-corrected chi connectivity index (χ1v) is 8.95. The van der Waals surface area contributed by atoms with Crippen molar-refractivity contribution in [2.24, 2.45) is 0 Å². The number of fused-ring (bicyclic) bond motifs is 1. The third-order valence-electron chi connectivity index (χ3n) is 4.63. The van der Waals surface area contributed by atoms with Crippen molar-refractivity contribution in [3.05, 3.63) is 82.2 Å². The Labute approximate surface area is 152 Å². The molecule has 26 heavy (non-hydrogen) atoms. The molecule has 0 aliphatic carbocycles. The molecule has 1 aromatic heterocycles. The zero-order valence-corrected chi connectivity index (χ0v) is 15.1. The van der Waals surface area contributed by atoms with Crippen LogP contribution in [-0.2, 0) is 0 Å².